The Morgan fingerprint density at radius 3 is 2.09 bits per heavy atom. The lowest BCUT2D eigenvalue weighted by atomic mass is 9.70. The number of carbonyl (C=O) groups is 1. The number of hydrogen-bond acceptors (Lipinski definition) is 3. The average Bonchev–Trinajstić information content (AvgIpc) is 2.47. The molecule has 2 rings (SSSR count). The molecule has 2 aliphatic rings. The maximum Gasteiger partial charge on any atom is 0.270 e. The van der Waals surface area contributed by atoms with Gasteiger partial charge in [-0.25, -0.2) is 0 Å². The fourth-order valence-corrected chi connectivity index (χ4v) is 7.93. The van der Waals surface area contributed by atoms with E-state index in [0.29, 0.717) is 24.4 Å². The van der Waals surface area contributed by atoms with E-state index >= 15 is 0 Å². The van der Waals surface area contributed by atoms with E-state index in [1.54, 1.807) is 0 Å². The van der Waals surface area contributed by atoms with Crippen molar-refractivity contribution in [2.45, 2.75) is 78.3 Å². The predicted molar refractivity (Wildman–Crippen MR) is 91.3 cm³/mol. The van der Waals surface area contributed by atoms with Gasteiger partial charge in [-0.15, -0.1) is 0 Å². The van der Waals surface area contributed by atoms with Crippen molar-refractivity contribution in [2.24, 2.45) is 23.7 Å². The van der Waals surface area contributed by atoms with Crippen molar-refractivity contribution >= 4 is 12.9 Å². The van der Waals surface area contributed by atoms with E-state index in [1.165, 1.54) is 6.42 Å². The molecular formula is C18H33O3P. The van der Waals surface area contributed by atoms with Crippen LogP contribution in [0.4, 0.5) is 0 Å². The largest absolute Gasteiger partial charge is 0.323 e. The molecule has 0 aromatic carbocycles. The van der Waals surface area contributed by atoms with Gasteiger partial charge in [-0.1, -0.05) is 40.0 Å². The lowest BCUT2D eigenvalue weighted by Gasteiger charge is -2.40. The first-order valence-corrected chi connectivity index (χ1v) is 10.9. The zero-order valence-electron chi connectivity index (χ0n) is 14.7. The van der Waals surface area contributed by atoms with E-state index in [0.717, 1.165) is 38.5 Å². The van der Waals surface area contributed by atoms with Crippen LogP contribution < -0.4 is 0 Å². The molecule has 0 amide bonds. The summed E-state index contributed by atoms with van der Waals surface area (Å²) >= 11 is 0. The smallest absolute Gasteiger partial charge is 0.270 e. The van der Waals surface area contributed by atoms with Crippen molar-refractivity contribution in [1.29, 1.82) is 0 Å². The summed E-state index contributed by atoms with van der Waals surface area (Å²) in [6, 6.07) is 0. The van der Waals surface area contributed by atoms with Gasteiger partial charge < -0.3 is 4.52 Å². The third-order valence-corrected chi connectivity index (χ3v) is 8.78. The van der Waals surface area contributed by atoms with E-state index in [2.05, 4.69) is 20.8 Å². The zero-order valence-corrected chi connectivity index (χ0v) is 15.6. The number of carbonyl (C=O) groups excluding carboxylic acids is 1. The van der Waals surface area contributed by atoms with Crippen molar-refractivity contribution < 1.29 is 13.9 Å². The van der Waals surface area contributed by atoms with Gasteiger partial charge in [0.05, 0.1) is 6.61 Å². The van der Waals surface area contributed by atoms with Crippen LogP contribution in [-0.4, -0.2) is 17.8 Å². The van der Waals surface area contributed by atoms with Crippen LogP contribution in [0.2, 0.25) is 0 Å². The summed E-state index contributed by atoms with van der Waals surface area (Å²) in [4.78, 5) is 13.2. The highest BCUT2D eigenvalue weighted by Crippen LogP contribution is 2.61. The molecule has 0 spiro atoms. The minimum Gasteiger partial charge on any atom is -0.323 e. The van der Waals surface area contributed by atoms with Crippen LogP contribution in [0.15, 0.2) is 0 Å². The van der Waals surface area contributed by atoms with Gasteiger partial charge in [-0.05, 0) is 50.4 Å². The van der Waals surface area contributed by atoms with Crippen LogP contribution in [0.3, 0.4) is 0 Å². The molecule has 3 nitrogen and oxygen atoms in total. The Labute approximate surface area is 136 Å². The predicted octanol–water partition coefficient (Wildman–Crippen LogP) is 5.48. The normalized spacial score (nSPS) is 36.7. The first-order chi connectivity index (χ1) is 10.4. The van der Waals surface area contributed by atoms with Crippen LogP contribution >= 0.6 is 7.37 Å². The fourth-order valence-electron chi connectivity index (χ4n) is 4.88. The fraction of sp³-hybridized carbons (Fsp3) is 0.944. The van der Waals surface area contributed by atoms with Gasteiger partial charge >= 0.3 is 0 Å². The summed E-state index contributed by atoms with van der Waals surface area (Å²) in [7, 11) is -3.19. The summed E-state index contributed by atoms with van der Waals surface area (Å²) in [6.07, 6.45) is 7.30. The Balaban J connectivity index is 2.23. The van der Waals surface area contributed by atoms with Crippen molar-refractivity contribution in [1.82, 2.24) is 0 Å². The molecule has 22 heavy (non-hydrogen) atoms. The van der Waals surface area contributed by atoms with Gasteiger partial charge in [0.2, 0.25) is 5.52 Å². The van der Waals surface area contributed by atoms with Gasteiger partial charge in [-0.3, -0.25) is 9.36 Å². The molecular weight excluding hydrogens is 295 g/mol. The van der Waals surface area contributed by atoms with Gasteiger partial charge in [0.25, 0.3) is 7.37 Å². The molecule has 0 aliphatic heterocycles. The van der Waals surface area contributed by atoms with Gasteiger partial charge in [0.15, 0.2) is 0 Å². The topological polar surface area (TPSA) is 43.4 Å². The second kappa shape index (κ2) is 7.62. The third-order valence-electron chi connectivity index (χ3n) is 5.74. The monoisotopic (exact) mass is 328 g/mol. The summed E-state index contributed by atoms with van der Waals surface area (Å²) in [5.74, 6) is 1.23. The maximum atomic E-state index is 13.6. The minimum absolute atomic E-state index is 0.0209. The highest BCUT2D eigenvalue weighted by molar-refractivity contribution is 7.76. The van der Waals surface area contributed by atoms with Crippen molar-refractivity contribution in [2.75, 3.05) is 6.61 Å². The van der Waals surface area contributed by atoms with Crippen LogP contribution in [0.25, 0.3) is 0 Å². The second-order valence-electron chi connectivity index (χ2n) is 7.70. The van der Waals surface area contributed by atoms with Gasteiger partial charge in [-0.2, -0.15) is 0 Å². The molecule has 0 bridgehead atoms. The lowest BCUT2D eigenvalue weighted by molar-refractivity contribution is -0.121. The van der Waals surface area contributed by atoms with E-state index < -0.39 is 7.37 Å². The summed E-state index contributed by atoms with van der Waals surface area (Å²) in [5, 5.41) is 0. The molecule has 0 saturated heterocycles. The SMILES string of the molecule is CCOP(=O)(C(=O)C1C(C)CC(C)CC1C)C1CCCCC1. The number of rotatable bonds is 5. The van der Waals surface area contributed by atoms with E-state index in [9.17, 15) is 9.36 Å². The summed E-state index contributed by atoms with van der Waals surface area (Å²) < 4.78 is 19.3. The third kappa shape index (κ3) is 3.67. The van der Waals surface area contributed by atoms with Crippen LogP contribution in [-0.2, 0) is 13.9 Å². The molecule has 3 unspecified atom stereocenters. The minimum atomic E-state index is -3.19. The first-order valence-electron chi connectivity index (χ1n) is 9.18. The second-order valence-corrected chi connectivity index (χ2v) is 10.3. The van der Waals surface area contributed by atoms with E-state index in [1.807, 2.05) is 6.92 Å². The van der Waals surface area contributed by atoms with E-state index in [-0.39, 0.29) is 17.1 Å². The molecule has 0 N–H and O–H groups in total. The number of hydrogen-bond donors (Lipinski definition) is 0. The van der Waals surface area contributed by atoms with Crippen molar-refractivity contribution in [3.8, 4) is 0 Å². The maximum absolute atomic E-state index is 13.6. The first kappa shape index (κ1) is 18.2. The molecule has 128 valence electrons. The lowest BCUT2D eigenvalue weighted by Crippen LogP contribution is -2.36. The molecule has 2 aliphatic carbocycles. The summed E-state index contributed by atoms with van der Waals surface area (Å²) in [5.41, 5.74) is -0.0550. The highest BCUT2D eigenvalue weighted by Gasteiger charge is 2.48. The quantitative estimate of drug-likeness (QED) is 0.628. The molecule has 0 heterocycles. The Hall–Kier alpha value is -0.140. The summed E-state index contributed by atoms with van der Waals surface area (Å²) in [6.45, 7) is 8.82. The molecule has 4 heteroatoms. The van der Waals surface area contributed by atoms with Crippen molar-refractivity contribution in [3.63, 3.8) is 0 Å². The molecule has 0 aromatic rings. The highest BCUT2D eigenvalue weighted by atomic mass is 31.2. The van der Waals surface area contributed by atoms with Crippen LogP contribution in [0.1, 0.15) is 72.6 Å². The van der Waals surface area contributed by atoms with Crippen LogP contribution in [0, 0.1) is 23.7 Å². The van der Waals surface area contributed by atoms with Crippen LogP contribution in [0.5, 0.6) is 0 Å². The van der Waals surface area contributed by atoms with Gasteiger partial charge in [0, 0.05) is 11.6 Å². The van der Waals surface area contributed by atoms with Gasteiger partial charge in [0.1, 0.15) is 0 Å². The molecule has 0 radical (unpaired) electrons. The Morgan fingerprint density at radius 2 is 1.59 bits per heavy atom. The average molecular weight is 328 g/mol. The molecule has 2 saturated carbocycles. The molecule has 3 atom stereocenters. The zero-order chi connectivity index (χ0) is 16.3. The molecule has 0 aromatic heterocycles. The van der Waals surface area contributed by atoms with E-state index in [4.69, 9.17) is 4.52 Å². The Bertz CT molecular complexity index is 416. The molecule has 2 fully saturated rings. The Kier molecular flexibility index (Phi) is 6.30. The van der Waals surface area contributed by atoms with Crippen molar-refractivity contribution in [3.05, 3.63) is 0 Å². The standard InChI is InChI=1S/C18H33O3P/c1-5-21-22(20,16-9-7-6-8-10-16)18(19)17-14(3)11-13(2)12-15(17)4/h13-17H,5-12H2,1-4H3. The Morgan fingerprint density at radius 1 is 1.05 bits per heavy atom.